The SMILES string of the molecule is C=CCCCN(C)C(=O)Nc1ccc(O)cc1C(=O)O. The Balaban J connectivity index is 2.75. The first-order valence-corrected chi connectivity index (χ1v) is 6.15. The van der Waals surface area contributed by atoms with Crippen molar-refractivity contribution in [2.24, 2.45) is 0 Å². The lowest BCUT2D eigenvalue weighted by atomic mass is 10.1. The number of aromatic hydroxyl groups is 1. The summed E-state index contributed by atoms with van der Waals surface area (Å²) < 4.78 is 0. The molecule has 0 radical (unpaired) electrons. The van der Waals surface area contributed by atoms with Gasteiger partial charge in [-0.15, -0.1) is 6.58 Å². The van der Waals surface area contributed by atoms with Gasteiger partial charge in [-0.25, -0.2) is 9.59 Å². The van der Waals surface area contributed by atoms with Gasteiger partial charge in [0.15, 0.2) is 0 Å². The van der Waals surface area contributed by atoms with Crippen LogP contribution < -0.4 is 5.32 Å². The number of hydrogen-bond donors (Lipinski definition) is 3. The van der Waals surface area contributed by atoms with Crippen molar-refractivity contribution in [3.05, 3.63) is 36.4 Å². The summed E-state index contributed by atoms with van der Waals surface area (Å²) in [4.78, 5) is 24.4. The summed E-state index contributed by atoms with van der Waals surface area (Å²) in [7, 11) is 1.62. The maximum Gasteiger partial charge on any atom is 0.337 e. The van der Waals surface area contributed by atoms with E-state index in [9.17, 15) is 14.7 Å². The van der Waals surface area contributed by atoms with Crippen molar-refractivity contribution < 1.29 is 19.8 Å². The zero-order chi connectivity index (χ0) is 15.1. The topological polar surface area (TPSA) is 89.9 Å². The first kappa shape index (κ1) is 15.6. The van der Waals surface area contributed by atoms with E-state index in [-0.39, 0.29) is 17.0 Å². The molecule has 0 spiro atoms. The third kappa shape index (κ3) is 4.31. The van der Waals surface area contributed by atoms with E-state index in [0.717, 1.165) is 18.9 Å². The lowest BCUT2D eigenvalue weighted by Crippen LogP contribution is -2.32. The van der Waals surface area contributed by atoms with Crippen LogP contribution in [0.4, 0.5) is 10.5 Å². The number of benzene rings is 1. The summed E-state index contributed by atoms with van der Waals surface area (Å²) in [6.07, 6.45) is 3.36. The molecule has 0 aliphatic rings. The van der Waals surface area contributed by atoms with Crippen molar-refractivity contribution in [1.82, 2.24) is 4.90 Å². The van der Waals surface area contributed by atoms with Crippen molar-refractivity contribution in [3.63, 3.8) is 0 Å². The molecule has 0 aliphatic carbocycles. The summed E-state index contributed by atoms with van der Waals surface area (Å²) >= 11 is 0. The molecule has 20 heavy (non-hydrogen) atoms. The fourth-order valence-electron chi connectivity index (χ4n) is 1.60. The zero-order valence-electron chi connectivity index (χ0n) is 11.3. The van der Waals surface area contributed by atoms with Crippen LogP contribution in [0.15, 0.2) is 30.9 Å². The van der Waals surface area contributed by atoms with Gasteiger partial charge in [-0.05, 0) is 31.0 Å². The standard InChI is InChI=1S/C14H18N2O4/c1-3-4-5-8-16(2)14(20)15-12-7-6-10(17)9-11(12)13(18)19/h3,6-7,9,17H,1,4-5,8H2,2H3,(H,15,20)(H,18,19). The van der Waals surface area contributed by atoms with Gasteiger partial charge in [0.2, 0.25) is 0 Å². The number of anilines is 1. The average Bonchev–Trinajstić information content (AvgIpc) is 2.40. The third-order valence-electron chi connectivity index (χ3n) is 2.72. The predicted molar refractivity (Wildman–Crippen MR) is 76.1 cm³/mol. The van der Waals surface area contributed by atoms with E-state index in [0.29, 0.717) is 6.54 Å². The zero-order valence-corrected chi connectivity index (χ0v) is 11.3. The largest absolute Gasteiger partial charge is 0.508 e. The molecule has 1 aromatic rings. The molecule has 0 aliphatic heterocycles. The minimum absolute atomic E-state index is 0.149. The number of carbonyl (C=O) groups excluding carboxylic acids is 1. The van der Waals surface area contributed by atoms with E-state index >= 15 is 0 Å². The van der Waals surface area contributed by atoms with E-state index in [1.807, 2.05) is 0 Å². The average molecular weight is 278 g/mol. The Bertz CT molecular complexity index is 514. The van der Waals surface area contributed by atoms with Gasteiger partial charge in [0, 0.05) is 13.6 Å². The molecule has 6 nitrogen and oxygen atoms in total. The lowest BCUT2D eigenvalue weighted by molar-refractivity contribution is 0.0697. The molecule has 0 aromatic heterocycles. The number of hydrogen-bond acceptors (Lipinski definition) is 3. The van der Waals surface area contributed by atoms with Gasteiger partial charge in [-0.1, -0.05) is 6.08 Å². The number of urea groups is 1. The van der Waals surface area contributed by atoms with E-state index in [4.69, 9.17) is 5.11 Å². The molecule has 0 fully saturated rings. The number of carbonyl (C=O) groups is 2. The Morgan fingerprint density at radius 2 is 2.15 bits per heavy atom. The number of nitrogens with zero attached hydrogens (tertiary/aromatic N) is 1. The number of unbranched alkanes of at least 4 members (excludes halogenated alkanes) is 1. The monoisotopic (exact) mass is 278 g/mol. The molecular formula is C14H18N2O4. The first-order valence-electron chi connectivity index (χ1n) is 6.15. The number of nitrogens with one attached hydrogen (secondary N) is 1. The maximum absolute atomic E-state index is 11.9. The smallest absolute Gasteiger partial charge is 0.337 e. The lowest BCUT2D eigenvalue weighted by Gasteiger charge is -2.18. The van der Waals surface area contributed by atoms with Crippen LogP contribution in [0.25, 0.3) is 0 Å². The molecular weight excluding hydrogens is 260 g/mol. The molecule has 0 unspecified atom stereocenters. The van der Waals surface area contributed by atoms with Crippen LogP contribution in [0.5, 0.6) is 5.75 Å². The molecule has 0 saturated heterocycles. The van der Waals surface area contributed by atoms with Gasteiger partial charge in [0.25, 0.3) is 0 Å². The second kappa shape index (κ2) is 7.18. The second-order valence-corrected chi connectivity index (χ2v) is 4.32. The number of phenolic OH excluding ortho intramolecular Hbond substituents is 1. The first-order chi connectivity index (χ1) is 9.45. The fraction of sp³-hybridized carbons (Fsp3) is 0.286. The van der Waals surface area contributed by atoms with Crippen LogP contribution in [-0.4, -0.2) is 40.7 Å². The van der Waals surface area contributed by atoms with Crippen molar-refractivity contribution >= 4 is 17.7 Å². The molecule has 3 N–H and O–H groups in total. The van der Waals surface area contributed by atoms with Crippen LogP contribution in [0.3, 0.4) is 0 Å². The van der Waals surface area contributed by atoms with Crippen LogP contribution in [0.2, 0.25) is 0 Å². The van der Waals surface area contributed by atoms with Crippen LogP contribution in [0, 0.1) is 0 Å². The minimum atomic E-state index is -1.22. The minimum Gasteiger partial charge on any atom is -0.508 e. The summed E-state index contributed by atoms with van der Waals surface area (Å²) in [5.41, 5.74) is -0.00582. The highest BCUT2D eigenvalue weighted by molar-refractivity contribution is 6.00. The van der Waals surface area contributed by atoms with E-state index in [1.165, 1.54) is 17.0 Å². The normalized spacial score (nSPS) is 9.85. The molecule has 0 atom stereocenters. The van der Waals surface area contributed by atoms with E-state index in [1.54, 1.807) is 13.1 Å². The quantitative estimate of drug-likeness (QED) is 0.423. The Morgan fingerprint density at radius 1 is 1.45 bits per heavy atom. The summed E-state index contributed by atoms with van der Waals surface area (Å²) in [5, 5.41) is 20.8. The number of allylic oxidation sites excluding steroid dienone is 1. The second-order valence-electron chi connectivity index (χ2n) is 4.32. The van der Waals surface area contributed by atoms with Gasteiger partial charge in [0.05, 0.1) is 11.3 Å². The van der Waals surface area contributed by atoms with Gasteiger partial charge in [0.1, 0.15) is 5.75 Å². The van der Waals surface area contributed by atoms with Crippen LogP contribution >= 0.6 is 0 Å². The number of rotatable bonds is 6. The number of amides is 2. The van der Waals surface area contributed by atoms with Gasteiger partial charge < -0.3 is 20.4 Å². The molecule has 0 heterocycles. The van der Waals surface area contributed by atoms with Crippen molar-refractivity contribution in [2.45, 2.75) is 12.8 Å². The Labute approximate surface area is 117 Å². The highest BCUT2D eigenvalue weighted by atomic mass is 16.4. The van der Waals surface area contributed by atoms with Gasteiger partial charge in [-0.3, -0.25) is 0 Å². The number of carboxylic acid groups (broad SMARTS) is 1. The van der Waals surface area contributed by atoms with E-state index < -0.39 is 12.0 Å². The Kier molecular flexibility index (Phi) is 5.58. The third-order valence-corrected chi connectivity index (χ3v) is 2.72. The van der Waals surface area contributed by atoms with Crippen molar-refractivity contribution in [3.8, 4) is 5.75 Å². The predicted octanol–water partition coefficient (Wildman–Crippen LogP) is 2.52. The molecule has 0 saturated carbocycles. The summed E-state index contributed by atoms with van der Waals surface area (Å²) in [6, 6.07) is 3.37. The summed E-state index contributed by atoms with van der Waals surface area (Å²) in [6.45, 7) is 4.14. The molecule has 2 amide bonds. The highest BCUT2D eigenvalue weighted by Crippen LogP contribution is 2.21. The highest BCUT2D eigenvalue weighted by Gasteiger charge is 2.15. The summed E-state index contributed by atoms with van der Waals surface area (Å²) in [5.74, 6) is -1.38. The fourth-order valence-corrected chi connectivity index (χ4v) is 1.60. The number of carboxylic acids is 1. The Hall–Kier alpha value is -2.50. The Morgan fingerprint density at radius 3 is 2.75 bits per heavy atom. The molecule has 1 aromatic carbocycles. The van der Waals surface area contributed by atoms with E-state index in [2.05, 4.69) is 11.9 Å². The van der Waals surface area contributed by atoms with Gasteiger partial charge in [-0.2, -0.15) is 0 Å². The van der Waals surface area contributed by atoms with Crippen molar-refractivity contribution in [2.75, 3.05) is 18.9 Å². The molecule has 108 valence electrons. The molecule has 1 rings (SSSR count). The molecule has 6 heteroatoms. The number of aromatic carboxylic acids is 1. The van der Waals surface area contributed by atoms with Crippen molar-refractivity contribution in [1.29, 1.82) is 0 Å². The van der Waals surface area contributed by atoms with Gasteiger partial charge >= 0.3 is 12.0 Å². The number of phenols is 1. The maximum atomic E-state index is 11.9. The van der Waals surface area contributed by atoms with Crippen LogP contribution in [-0.2, 0) is 0 Å². The van der Waals surface area contributed by atoms with Crippen LogP contribution in [0.1, 0.15) is 23.2 Å². The molecule has 0 bridgehead atoms.